The van der Waals surface area contributed by atoms with Gasteiger partial charge in [0.25, 0.3) is 5.56 Å². The van der Waals surface area contributed by atoms with E-state index in [1.54, 1.807) is 32.9 Å². The molecule has 1 saturated heterocycles. The molecule has 11 nitrogen and oxygen atoms in total. The van der Waals surface area contributed by atoms with Crippen LogP contribution in [0.4, 0.5) is 0 Å². The number of amides is 3. The van der Waals surface area contributed by atoms with Crippen LogP contribution >= 0.6 is 0 Å². The standard InChI is InChI=1S/C28H39N5O6S/c1-14-8-9-18-15(10-14)11-16(24(35)30-18)12-19(23(29)34)31-25(36)21-20-17(28(20,5)6)13-33(21)26(37)22(27(2,3)4)32-40(7,38)39/h8-11,17,19-22,32H,12-13H2,1-7H3,(H2,29,34)(H,30,35)(H,31,36)/t17-,19?,20-,21-,22+/m0/s1. The lowest BCUT2D eigenvalue weighted by Gasteiger charge is -2.37. The van der Waals surface area contributed by atoms with Gasteiger partial charge < -0.3 is 20.9 Å². The molecule has 40 heavy (non-hydrogen) atoms. The number of carbonyl (C=O) groups is 3. The third-order valence-corrected chi connectivity index (χ3v) is 9.03. The highest BCUT2D eigenvalue weighted by molar-refractivity contribution is 7.88. The first-order valence-corrected chi connectivity index (χ1v) is 15.2. The molecule has 1 aromatic heterocycles. The van der Waals surface area contributed by atoms with Crippen LogP contribution in [-0.2, 0) is 30.8 Å². The van der Waals surface area contributed by atoms with Gasteiger partial charge in [-0.25, -0.2) is 13.1 Å². The fourth-order valence-electron chi connectivity index (χ4n) is 6.01. The molecule has 1 aliphatic carbocycles. The molecule has 1 aromatic carbocycles. The first kappa shape index (κ1) is 29.7. The van der Waals surface area contributed by atoms with E-state index in [1.807, 2.05) is 32.9 Å². The van der Waals surface area contributed by atoms with Crippen molar-refractivity contribution >= 4 is 38.6 Å². The van der Waals surface area contributed by atoms with Crippen LogP contribution in [0.25, 0.3) is 10.9 Å². The van der Waals surface area contributed by atoms with E-state index >= 15 is 0 Å². The molecule has 2 aromatic rings. The smallest absolute Gasteiger partial charge is 0.251 e. The number of pyridine rings is 1. The number of nitrogens with one attached hydrogen (secondary N) is 3. The Kier molecular flexibility index (Phi) is 7.42. The molecule has 4 rings (SSSR count). The molecule has 2 aliphatic rings. The molecule has 12 heteroatoms. The maximum absolute atomic E-state index is 13.8. The number of piperidine rings is 1. The van der Waals surface area contributed by atoms with Gasteiger partial charge >= 0.3 is 0 Å². The average Bonchev–Trinajstić information content (AvgIpc) is 3.14. The van der Waals surface area contributed by atoms with Crippen molar-refractivity contribution < 1.29 is 22.8 Å². The Hall–Kier alpha value is -3.25. The van der Waals surface area contributed by atoms with E-state index in [0.717, 1.165) is 17.2 Å². The largest absolute Gasteiger partial charge is 0.368 e. The lowest BCUT2D eigenvalue weighted by Crippen LogP contribution is -2.60. The van der Waals surface area contributed by atoms with Crippen LogP contribution in [0.3, 0.4) is 0 Å². The third kappa shape index (κ3) is 5.78. The number of benzene rings is 1. The molecule has 218 valence electrons. The number of aromatic amines is 1. The second kappa shape index (κ2) is 9.99. The number of carbonyl (C=O) groups excluding carboxylic acids is 3. The predicted octanol–water partition coefficient (Wildman–Crippen LogP) is 0.796. The highest BCUT2D eigenvalue weighted by Crippen LogP contribution is 2.65. The molecule has 1 saturated carbocycles. The SMILES string of the molecule is Cc1ccc2[nH]c(=O)c(CC(NC(=O)[C@@H]3[C@@H]4[C@H](CN3C(=O)[C@@H](NS(C)(=O)=O)C(C)(C)C)C4(C)C)C(N)=O)cc2c1. The van der Waals surface area contributed by atoms with Crippen molar-refractivity contribution in [3.63, 3.8) is 0 Å². The van der Waals surface area contributed by atoms with Gasteiger partial charge in [0.2, 0.25) is 27.7 Å². The van der Waals surface area contributed by atoms with E-state index in [4.69, 9.17) is 5.73 Å². The topological polar surface area (TPSA) is 172 Å². The minimum atomic E-state index is -3.72. The summed E-state index contributed by atoms with van der Waals surface area (Å²) in [6.45, 7) is 11.5. The lowest BCUT2D eigenvalue weighted by molar-refractivity contribution is -0.144. The number of aryl methyl sites for hydroxylation is 1. The molecule has 2 heterocycles. The van der Waals surface area contributed by atoms with E-state index in [0.29, 0.717) is 5.52 Å². The summed E-state index contributed by atoms with van der Waals surface area (Å²) in [6.07, 6.45) is 0.861. The summed E-state index contributed by atoms with van der Waals surface area (Å²) in [4.78, 5) is 56.9. The van der Waals surface area contributed by atoms with Crippen LogP contribution in [0, 0.1) is 29.6 Å². The Morgan fingerprint density at radius 1 is 1.20 bits per heavy atom. The maximum Gasteiger partial charge on any atom is 0.251 e. The van der Waals surface area contributed by atoms with Crippen LogP contribution < -0.4 is 21.3 Å². The van der Waals surface area contributed by atoms with E-state index in [9.17, 15) is 27.6 Å². The summed E-state index contributed by atoms with van der Waals surface area (Å²) < 4.78 is 26.6. The number of rotatable bonds is 8. The molecule has 0 bridgehead atoms. The van der Waals surface area contributed by atoms with Crippen LogP contribution in [-0.4, -0.2) is 66.9 Å². The second-order valence-corrected chi connectivity index (χ2v) is 14.7. The number of likely N-dealkylation sites (tertiary alicyclic amines) is 1. The molecular weight excluding hydrogens is 534 g/mol. The van der Waals surface area contributed by atoms with E-state index in [1.165, 1.54) is 4.90 Å². The van der Waals surface area contributed by atoms with Crippen LogP contribution in [0.5, 0.6) is 0 Å². The molecule has 1 unspecified atom stereocenters. The molecule has 1 aliphatic heterocycles. The number of nitrogens with two attached hydrogens (primary N) is 1. The highest BCUT2D eigenvalue weighted by Gasteiger charge is 2.69. The number of hydrogen-bond acceptors (Lipinski definition) is 6. The highest BCUT2D eigenvalue weighted by atomic mass is 32.2. The lowest BCUT2D eigenvalue weighted by atomic mass is 9.86. The first-order chi connectivity index (χ1) is 18.3. The number of fused-ring (bicyclic) bond motifs is 2. The van der Waals surface area contributed by atoms with Crippen molar-refractivity contribution in [3.05, 3.63) is 45.7 Å². The van der Waals surface area contributed by atoms with E-state index in [-0.39, 0.29) is 35.8 Å². The van der Waals surface area contributed by atoms with Gasteiger partial charge in [0.1, 0.15) is 18.1 Å². The maximum atomic E-state index is 13.8. The zero-order chi connectivity index (χ0) is 29.9. The molecule has 5 atom stereocenters. The quantitative estimate of drug-likeness (QED) is 0.364. The number of nitrogens with zero attached hydrogens (tertiary/aromatic N) is 1. The molecular formula is C28H39N5O6S. The van der Waals surface area contributed by atoms with Crippen LogP contribution in [0.2, 0.25) is 0 Å². The Morgan fingerprint density at radius 3 is 2.42 bits per heavy atom. The van der Waals surface area contributed by atoms with Gasteiger partial charge in [0.15, 0.2) is 0 Å². The first-order valence-electron chi connectivity index (χ1n) is 13.3. The Labute approximate surface area is 234 Å². The Morgan fingerprint density at radius 2 is 1.85 bits per heavy atom. The van der Waals surface area contributed by atoms with Gasteiger partial charge in [0, 0.05) is 24.0 Å². The van der Waals surface area contributed by atoms with Gasteiger partial charge in [-0.2, -0.15) is 0 Å². The molecule has 0 spiro atoms. The number of aromatic nitrogens is 1. The van der Waals surface area contributed by atoms with Crippen molar-refractivity contribution in [2.45, 2.75) is 66.1 Å². The summed E-state index contributed by atoms with van der Waals surface area (Å²) in [5.74, 6) is -2.00. The number of H-pyrrole nitrogens is 1. The fourth-order valence-corrected chi connectivity index (χ4v) is 6.90. The third-order valence-electron chi connectivity index (χ3n) is 8.37. The van der Waals surface area contributed by atoms with Gasteiger partial charge in [-0.05, 0) is 53.2 Å². The predicted molar refractivity (Wildman–Crippen MR) is 152 cm³/mol. The minimum Gasteiger partial charge on any atom is -0.368 e. The van der Waals surface area contributed by atoms with Crippen molar-refractivity contribution in [3.8, 4) is 0 Å². The van der Waals surface area contributed by atoms with Crippen molar-refractivity contribution in [1.82, 2.24) is 19.9 Å². The number of hydrogen-bond donors (Lipinski definition) is 4. The summed E-state index contributed by atoms with van der Waals surface area (Å²) in [6, 6.07) is 4.05. The zero-order valence-corrected chi connectivity index (χ0v) is 24.8. The normalized spacial score (nSPS) is 23.4. The molecule has 0 radical (unpaired) electrons. The van der Waals surface area contributed by atoms with E-state index < -0.39 is 56.8 Å². The minimum absolute atomic E-state index is 0.0460. The number of sulfonamides is 1. The van der Waals surface area contributed by atoms with Gasteiger partial charge in [0.05, 0.1) is 6.26 Å². The van der Waals surface area contributed by atoms with E-state index in [2.05, 4.69) is 15.0 Å². The summed E-state index contributed by atoms with van der Waals surface area (Å²) in [5, 5.41) is 3.48. The molecule has 2 fully saturated rings. The van der Waals surface area contributed by atoms with Crippen molar-refractivity contribution in [1.29, 1.82) is 0 Å². The van der Waals surface area contributed by atoms with Crippen LogP contribution in [0.1, 0.15) is 45.7 Å². The summed E-state index contributed by atoms with van der Waals surface area (Å²) in [5.41, 5.74) is 6.23. The van der Waals surface area contributed by atoms with Crippen LogP contribution in [0.15, 0.2) is 29.1 Å². The summed E-state index contributed by atoms with van der Waals surface area (Å²) in [7, 11) is -3.72. The average molecular weight is 574 g/mol. The Balaban J connectivity index is 1.61. The van der Waals surface area contributed by atoms with Crippen molar-refractivity contribution in [2.24, 2.45) is 28.4 Å². The monoisotopic (exact) mass is 573 g/mol. The second-order valence-electron chi connectivity index (χ2n) is 13.0. The zero-order valence-electron chi connectivity index (χ0n) is 24.0. The molecule has 3 amide bonds. The Bertz CT molecular complexity index is 1540. The van der Waals surface area contributed by atoms with Crippen molar-refractivity contribution in [2.75, 3.05) is 12.8 Å². The summed E-state index contributed by atoms with van der Waals surface area (Å²) >= 11 is 0. The fraction of sp³-hybridized carbons (Fsp3) is 0.571. The molecule has 5 N–H and O–H groups in total. The van der Waals surface area contributed by atoms with Gasteiger partial charge in [-0.1, -0.05) is 46.2 Å². The van der Waals surface area contributed by atoms with Gasteiger partial charge in [-0.15, -0.1) is 0 Å². The van der Waals surface area contributed by atoms with Gasteiger partial charge in [-0.3, -0.25) is 19.2 Å². The number of primary amides is 1.